The van der Waals surface area contributed by atoms with E-state index in [2.05, 4.69) is 12.2 Å². The molecule has 0 aliphatic carbocycles. The molecule has 22 heavy (non-hydrogen) atoms. The van der Waals surface area contributed by atoms with Crippen LogP contribution < -0.4 is 5.32 Å². The monoisotopic (exact) mass is 328 g/mol. The van der Waals surface area contributed by atoms with Crippen LogP contribution in [0.3, 0.4) is 0 Å². The third-order valence-corrected chi connectivity index (χ3v) is 4.13. The van der Waals surface area contributed by atoms with Crippen molar-refractivity contribution < 1.29 is 9.18 Å². The van der Waals surface area contributed by atoms with Crippen molar-refractivity contribution in [3.63, 3.8) is 0 Å². The molecule has 1 aliphatic rings. The molecule has 1 aliphatic heterocycles. The Kier molecular flexibility index (Phi) is 7.83. The van der Waals surface area contributed by atoms with Gasteiger partial charge in [0.25, 0.3) is 0 Å². The van der Waals surface area contributed by atoms with Gasteiger partial charge in [0.05, 0.1) is 0 Å². The molecule has 0 aromatic heterocycles. The molecule has 0 bridgehead atoms. The van der Waals surface area contributed by atoms with E-state index >= 15 is 0 Å². The lowest BCUT2D eigenvalue weighted by Crippen LogP contribution is -2.41. The molecule has 2 unspecified atom stereocenters. The van der Waals surface area contributed by atoms with Gasteiger partial charge < -0.3 is 10.2 Å². The van der Waals surface area contributed by atoms with E-state index < -0.39 is 0 Å². The molecule has 1 aromatic rings. The molecular weight excluding hydrogens is 303 g/mol. The fraction of sp³-hybridized carbons (Fsp3) is 0.588. The van der Waals surface area contributed by atoms with E-state index in [4.69, 9.17) is 0 Å². The van der Waals surface area contributed by atoms with Crippen molar-refractivity contribution in [1.29, 1.82) is 0 Å². The maximum Gasteiger partial charge on any atom is 0.223 e. The maximum absolute atomic E-state index is 13.2. The number of carbonyl (C=O) groups excluding carboxylic acids is 1. The second-order valence-electron chi connectivity index (χ2n) is 6.08. The molecule has 1 fully saturated rings. The van der Waals surface area contributed by atoms with Gasteiger partial charge in [0.15, 0.2) is 0 Å². The van der Waals surface area contributed by atoms with E-state index in [-0.39, 0.29) is 30.0 Å². The Balaban J connectivity index is 0.00000242. The minimum absolute atomic E-state index is 0. The van der Waals surface area contributed by atoms with Gasteiger partial charge in [0.1, 0.15) is 5.82 Å². The van der Waals surface area contributed by atoms with Gasteiger partial charge in [0.2, 0.25) is 5.91 Å². The molecular formula is C17H26ClFN2O. The Morgan fingerprint density at radius 1 is 1.50 bits per heavy atom. The van der Waals surface area contributed by atoms with E-state index in [1.165, 1.54) is 6.07 Å². The quantitative estimate of drug-likeness (QED) is 0.870. The van der Waals surface area contributed by atoms with Crippen molar-refractivity contribution in [2.45, 2.75) is 38.6 Å². The predicted molar refractivity (Wildman–Crippen MR) is 89.8 cm³/mol. The number of hydrogen-bond donors (Lipinski definition) is 1. The van der Waals surface area contributed by atoms with Crippen molar-refractivity contribution in [3.05, 3.63) is 35.6 Å². The van der Waals surface area contributed by atoms with Crippen LogP contribution in [0, 0.1) is 11.7 Å². The molecule has 0 spiro atoms. The summed E-state index contributed by atoms with van der Waals surface area (Å²) < 4.78 is 13.2. The van der Waals surface area contributed by atoms with Gasteiger partial charge in [-0.2, -0.15) is 0 Å². The second kappa shape index (κ2) is 9.11. The normalized spacial score (nSPS) is 18.9. The average molecular weight is 329 g/mol. The number of likely N-dealkylation sites (tertiary alicyclic amines) is 1. The van der Waals surface area contributed by atoms with Crippen molar-refractivity contribution in [2.75, 3.05) is 20.1 Å². The van der Waals surface area contributed by atoms with Crippen LogP contribution in [0.25, 0.3) is 0 Å². The number of carbonyl (C=O) groups is 1. The number of benzene rings is 1. The highest BCUT2D eigenvalue weighted by atomic mass is 35.5. The Morgan fingerprint density at radius 2 is 2.27 bits per heavy atom. The van der Waals surface area contributed by atoms with Crippen LogP contribution in [0.5, 0.6) is 0 Å². The van der Waals surface area contributed by atoms with Gasteiger partial charge >= 0.3 is 0 Å². The van der Waals surface area contributed by atoms with Crippen LogP contribution >= 0.6 is 12.4 Å². The topological polar surface area (TPSA) is 32.3 Å². The van der Waals surface area contributed by atoms with Crippen LogP contribution in [0.1, 0.15) is 31.7 Å². The standard InChI is InChI=1S/C17H25FN2O.ClH/c1-13(9-14-5-3-6-15(18)11-14)10-17(21)20-8-4-7-16(20)12-19-2;/h3,5-6,11,13,16,19H,4,7-10,12H2,1-2H3;1H. The van der Waals surface area contributed by atoms with E-state index in [1.807, 2.05) is 18.0 Å². The van der Waals surface area contributed by atoms with Gasteiger partial charge in [-0.25, -0.2) is 4.39 Å². The first kappa shape index (κ1) is 18.9. The predicted octanol–water partition coefficient (Wildman–Crippen LogP) is 3.03. The molecule has 1 saturated heterocycles. The molecule has 124 valence electrons. The fourth-order valence-corrected chi connectivity index (χ4v) is 3.17. The molecule has 1 aromatic carbocycles. The average Bonchev–Trinajstić information content (AvgIpc) is 2.87. The summed E-state index contributed by atoms with van der Waals surface area (Å²) in [6.45, 7) is 3.80. The van der Waals surface area contributed by atoms with E-state index in [0.717, 1.165) is 37.9 Å². The lowest BCUT2D eigenvalue weighted by Gasteiger charge is -2.26. The van der Waals surface area contributed by atoms with Gasteiger partial charge in [-0.05, 0) is 49.9 Å². The maximum atomic E-state index is 13.2. The molecule has 0 saturated carbocycles. The Labute approximate surface area is 138 Å². The number of amides is 1. The largest absolute Gasteiger partial charge is 0.338 e. The highest BCUT2D eigenvalue weighted by Gasteiger charge is 2.28. The zero-order valence-electron chi connectivity index (χ0n) is 13.3. The second-order valence-corrected chi connectivity index (χ2v) is 6.08. The molecule has 1 heterocycles. The summed E-state index contributed by atoms with van der Waals surface area (Å²) in [5.74, 6) is 0.256. The number of halogens is 2. The van der Waals surface area contributed by atoms with Crippen LogP contribution in [-0.2, 0) is 11.2 Å². The lowest BCUT2D eigenvalue weighted by molar-refractivity contribution is -0.132. The molecule has 0 radical (unpaired) electrons. The summed E-state index contributed by atoms with van der Waals surface area (Å²) >= 11 is 0. The SMILES string of the molecule is CNCC1CCCN1C(=O)CC(C)Cc1cccc(F)c1.Cl. The van der Waals surface area contributed by atoms with Crippen molar-refractivity contribution in [1.82, 2.24) is 10.2 Å². The molecule has 3 nitrogen and oxygen atoms in total. The zero-order chi connectivity index (χ0) is 15.2. The minimum atomic E-state index is -0.209. The fourth-order valence-electron chi connectivity index (χ4n) is 3.17. The summed E-state index contributed by atoms with van der Waals surface area (Å²) in [6, 6.07) is 6.99. The zero-order valence-corrected chi connectivity index (χ0v) is 14.2. The minimum Gasteiger partial charge on any atom is -0.338 e. The Hall–Kier alpha value is -1.13. The van der Waals surface area contributed by atoms with Crippen LogP contribution in [-0.4, -0.2) is 37.0 Å². The highest BCUT2D eigenvalue weighted by molar-refractivity contribution is 5.85. The first-order valence-corrected chi connectivity index (χ1v) is 7.78. The summed E-state index contributed by atoms with van der Waals surface area (Å²) in [5.41, 5.74) is 0.962. The molecule has 1 amide bonds. The van der Waals surface area contributed by atoms with Crippen LogP contribution in [0.4, 0.5) is 4.39 Å². The van der Waals surface area contributed by atoms with Gasteiger partial charge in [-0.1, -0.05) is 19.1 Å². The van der Waals surface area contributed by atoms with E-state index in [1.54, 1.807) is 12.1 Å². The highest BCUT2D eigenvalue weighted by Crippen LogP contribution is 2.20. The number of likely N-dealkylation sites (N-methyl/N-ethyl adjacent to an activating group) is 1. The summed E-state index contributed by atoms with van der Waals surface area (Å²) in [6.07, 6.45) is 3.46. The third kappa shape index (κ3) is 5.25. The van der Waals surface area contributed by atoms with Gasteiger partial charge in [-0.3, -0.25) is 4.79 Å². The molecule has 1 N–H and O–H groups in total. The number of hydrogen-bond acceptors (Lipinski definition) is 2. The Bertz CT molecular complexity index is 483. The van der Waals surface area contributed by atoms with Gasteiger partial charge in [-0.15, -0.1) is 12.4 Å². The van der Waals surface area contributed by atoms with E-state index in [9.17, 15) is 9.18 Å². The summed E-state index contributed by atoms with van der Waals surface area (Å²) in [5, 5.41) is 3.16. The van der Waals surface area contributed by atoms with Gasteiger partial charge in [0, 0.05) is 25.6 Å². The van der Waals surface area contributed by atoms with Crippen molar-refractivity contribution >= 4 is 18.3 Å². The van der Waals surface area contributed by atoms with Crippen LogP contribution in [0.2, 0.25) is 0 Å². The van der Waals surface area contributed by atoms with E-state index in [0.29, 0.717) is 12.5 Å². The number of nitrogens with zero attached hydrogens (tertiary/aromatic N) is 1. The van der Waals surface area contributed by atoms with Crippen molar-refractivity contribution in [3.8, 4) is 0 Å². The van der Waals surface area contributed by atoms with Crippen molar-refractivity contribution in [2.24, 2.45) is 5.92 Å². The Morgan fingerprint density at radius 3 is 2.95 bits per heavy atom. The number of rotatable bonds is 6. The summed E-state index contributed by atoms with van der Waals surface area (Å²) in [7, 11) is 1.92. The molecule has 2 atom stereocenters. The third-order valence-electron chi connectivity index (χ3n) is 4.13. The van der Waals surface area contributed by atoms with Crippen LogP contribution in [0.15, 0.2) is 24.3 Å². The summed E-state index contributed by atoms with van der Waals surface area (Å²) in [4.78, 5) is 14.4. The first-order valence-electron chi connectivity index (χ1n) is 7.78. The smallest absolute Gasteiger partial charge is 0.223 e. The molecule has 5 heteroatoms. The lowest BCUT2D eigenvalue weighted by atomic mass is 9.97. The number of nitrogens with one attached hydrogen (secondary N) is 1. The first-order chi connectivity index (χ1) is 10.1. The molecule has 2 rings (SSSR count).